The molecule has 1 spiro atoms. The van der Waals surface area contributed by atoms with E-state index in [1.807, 2.05) is 6.92 Å². The van der Waals surface area contributed by atoms with Gasteiger partial charge in [0.15, 0.2) is 0 Å². The zero-order valence-corrected chi connectivity index (χ0v) is 14.9. The summed E-state index contributed by atoms with van der Waals surface area (Å²) in [5, 5.41) is 6.95. The number of hydrogen-bond acceptors (Lipinski definition) is 5. The normalized spacial score (nSPS) is 21.4. The molecule has 1 atom stereocenters. The van der Waals surface area contributed by atoms with Crippen molar-refractivity contribution in [3.8, 4) is 0 Å². The molecule has 2 aliphatic rings. The van der Waals surface area contributed by atoms with Gasteiger partial charge in [0, 0.05) is 33.0 Å². The first kappa shape index (κ1) is 17.9. The lowest BCUT2D eigenvalue weighted by atomic mass is 9.79. The van der Waals surface area contributed by atoms with E-state index in [0.29, 0.717) is 44.5 Å². The lowest BCUT2D eigenvalue weighted by Crippen LogP contribution is -2.66. The summed E-state index contributed by atoms with van der Waals surface area (Å²) in [6.45, 7) is 5.11. The predicted octanol–water partition coefficient (Wildman–Crippen LogP) is 0.194. The molecule has 8 heteroatoms. The van der Waals surface area contributed by atoms with E-state index in [0.717, 1.165) is 12.8 Å². The number of likely N-dealkylation sites (tertiary alicyclic amines) is 1. The molecule has 138 valence electrons. The smallest absolute Gasteiger partial charge is 0.269 e. The molecule has 1 aromatic heterocycles. The third kappa shape index (κ3) is 3.69. The Kier molecular flexibility index (Phi) is 5.39. The second kappa shape index (κ2) is 7.53. The van der Waals surface area contributed by atoms with Crippen molar-refractivity contribution in [3.63, 3.8) is 0 Å². The first-order chi connectivity index (χ1) is 12.1. The van der Waals surface area contributed by atoms with Gasteiger partial charge in [0.1, 0.15) is 17.9 Å². The van der Waals surface area contributed by atoms with Crippen LogP contribution in [0.2, 0.25) is 0 Å². The molecule has 0 bridgehead atoms. The fraction of sp³-hybridized carbons (Fsp3) is 0.706. The average molecular weight is 350 g/mol. The van der Waals surface area contributed by atoms with Crippen LogP contribution in [0.5, 0.6) is 0 Å². The standard InChI is InChI=1S/C17H26N4O4/c1-3-24-10-15(22)21-11-17(12-21)13(6-9-25-17)4-7-18-16(23)14-5-8-19-20(14)2/h5,8,13H,3-4,6-7,9-12H2,1-2H3,(H,18,23)/t13-/m1/s1. The minimum atomic E-state index is -0.237. The first-order valence-corrected chi connectivity index (χ1v) is 8.81. The maximum Gasteiger partial charge on any atom is 0.269 e. The maximum absolute atomic E-state index is 12.1. The van der Waals surface area contributed by atoms with Gasteiger partial charge in [0.25, 0.3) is 5.91 Å². The van der Waals surface area contributed by atoms with Gasteiger partial charge >= 0.3 is 0 Å². The van der Waals surface area contributed by atoms with Crippen molar-refractivity contribution in [2.45, 2.75) is 25.4 Å². The molecule has 2 fully saturated rings. The van der Waals surface area contributed by atoms with Gasteiger partial charge in [-0.05, 0) is 31.7 Å². The van der Waals surface area contributed by atoms with E-state index in [1.165, 1.54) is 0 Å². The van der Waals surface area contributed by atoms with Gasteiger partial charge in [-0.3, -0.25) is 14.3 Å². The van der Waals surface area contributed by atoms with Gasteiger partial charge in [0.2, 0.25) is 5.91 Å². The molecule has 2 amide bonds. The Bertz CT molecular complexity index is 624. The number of aromatic nitrogens is 2. The average Bonchev–Trinajstić information content (AvgIpc) is 3.17. The van der Waals surface area contributed by atoms with Gasteiger partial charge < -0.3 is 19.7 Å². The van der Waals surface area contributed by atoms with Gasteiger partial charge in [-0.1, -0.05) is 0 Å². The van der Waals surface area contributed by atoms with Crippen LogP contribution in [0.1, 0.15) is 30.3 Å². The molecule has 0 saturated carbocycles. The SMILES string of the molecule is CCOCC(=O)N1CC2(C1)OCC[C@H]2CCNC(=O)c1ccnn1C. The summed E-state index contributed by atoms with van der Waals surface area (Å²) < 4.78 is 12.7. The van der Waals surface area contributed by atoms with Crippen LogP contribution in [0.25, 0.3) is 0 Å². The molecule has 2 saturated heterocycles. The fourth-order valence-corrected chi connectivity index (χ4v) is 3.65. The molecule has 0 aliphatic carbocycles. The zero-order chi connectivity index (χ0) is 17.9. The molecule has 25 heavy (non-hydrogen) atoms. The highest BCUT2D eigenvalue weighted by atomic mass is 16.5. The summed E-state index contributed by atoms with van der Waals surface area (Å²) in [7, 11) is 1.75. The fourth-order valence-electron chi connectivity index (χ4n) is 3.65. The molecule has 2 aliphatic heterocycles. The number of nitrogens with one attached hydrogen (secondary N) is 1. The second-order valence-electron chi connectivity index (χ2n) is 6.67. The number of rotatable bonds is 7. The Hall–Kier alpha value is -1.93. The molecular weight excluding hydrogens is 324 g/mol. The second-order valence-corrected chi connectivity index (χ2v) is 6.67. The van der Waals surface area contributed by atoms with E-state index in [2.05, 4.69) is 10.4 Å². The summed E-state index contributed by atoms with van der Waals surface area (Å²) in [6.07, 6.45) is 3.42. The molecule has 8 nitrogen and oxygen atoms in total. The van der Waals surface area contributed by atoms with Crippen molar-refractivity contribution in [3.05, 3.63) is 18.0 Å². The van der Waals surface area contributed by atoms with Gasteiger partial charge in [0.05, 0.1) is 13.1 Å². The van der Waals surface area contributed by atoms with Gasteiger partial charge in [-0.15, -0.1) is 0 Å². The summed E-state index contributed by atoms with van der Waals surface area (Å²) in [4.78, 5) is 25.9. The van der Waals surface area contributed by atoms with Crippen molar-refractivity contribution in [2.24, 2.45) is 13.0 Å². The minimum absolute atomic E-state index is 0.0197. The van der Waals surface area contributed by atoms with E-state index >= 15 is 0 Å². The Morgan fingerprint density at radius 2 is 2.28 bits per heavy atom. The number of carbonyl (C=O) groups is 2. The van der Waals surface area contributed by atoms with Crippen LogP contribution in [0.4, 0.5) is 0 Å². The molecule has 0 unspecified atom stereocenters. The molecule has 3 rings (SSSR count). The Balaban J connectivity index is 1.45. The molecule has 1 N–H and O–H groups in total. The highest BCUT2D eigenvalue weighted by Crippen LogP contribution is 2.41. The van der Waals surface area contributed by atoms with Crippen molar-refractivity contribution in [2.75, 3.05) is 39.5 Å². The maximum atomic E-state index is 12.1. The summed E-state index contributed by atoms with van der Waals surface area (Å²) in [5.74, 6) is 0.261. The van der Waals surface area contributed by atoms with E-state index in [9.17, 15) is 9.59 Å². The van der Waals surface area contributed by atoms with E-state index < -0.39 is 0 Å². The zero-order valence-electron chi connectivity index (χ0n) is 14.9. The summed E-state index contributed by atoms with van der Waals surface area (Å²) >= 11 is 0. The number of carbonyl (C=O) groups excluding carboxylic acids is 2. The highest BCUT2D eigenvalue weighted by Gasteiger charge is 2.53. The lowest BCUT2D eigenvalue weighted by molar-refractivity contribution is -0.169. The van der Waals surface area contributed by atoms with Crippen molar-refractivity contribution in [1.82, 2.24) is 20.0 Å². The third-order valence-electron chi connectivity index (χ3n) is 5.13. The first-order valence-electron chi connectivity index (χ1n) is 8.81. The summed E-state index contributed by atoms with van der Waals surface area (Å²) in [5.41, 5.74) is 0.313. The topological polar surface area (TPSA) is 85.7 Å². The largest absolute Gasteiger partial charge is 0.372 e. The molecular formula is C17H26N4O4. The molecule has 3 heterocycles. The highest BCUT2D eigenvalue weighted by molar-refractivity contribution is 5.92. The number of amides is 2. The minimum Gasteiger partial charge on any atom is -0.372 e. The summed E-state index contributed by atoms with van der Waals surface area (Å²) in [6, 6.07) is 1.70. The van der Waals surface area contributed by atoms with Gasteiger partial charge in [-0.25, -0.2) is 0 Å². The number of aryl methyl sites for hydroxylation is 1. The van der Waals surface area contributed by atoms with Gasteiger partial charge in [-0.2, -0.15) is 5.10 Å². The van der Waals surface area contributed by atoms with Crippen LogP contribution in [-0.2, 0) is 21.3 Å². The monoisotopic (exact) mass is 350 g/mol. The van der Waals surface area contributed by atoms with Crippen LogP contribution in [-0.4, -0.2) is 71.6 Å². The van der Waals surface area contributed by atoms with E-state index in [4.69, 9.17) is 9.47 Å². The lowest BCUT2D eigenvalue weighted by Gasteiger charge is -2.50. The molecule has 1 aromatic rings. The van der Waals surface area contributed by atoms with Crippen molar-refractivity contribution < 1.29 is 19.1 Å². The third-order valence-corrected chi connectivity index (χ3v) is 5.13. The Morgan fingerprint density at radius 3 is 2.96 bits per heavy atom. The molecule has 0 radical (unpaired) electrons. The van der Waals surface area contributed by atoms with Crippen molar-refractivity contribution >= 4 is 11.8 Å². The molecule has 0 aromatic carbocycles. The van der Waals surface area contributed by atoms with Crippen LogP contribution >= 0.6 is 0 Å². The van der Waals surface area contributed by atoms with E-state index in [1.54, 1.807) is 28.9 Å². The Labute approximate surface area is 147 Å². The number of ether oxygens (including phenoxy) is 2. The van der Waals surface area contributed by atoms with E-state index in [-0.39, 0.29) is 24.0 Å². The van der Waals surface area contributed by atoms with Crippen LogP contribution in [0.15, 0.2) is 12.3 Å². The quantitative estimate of drug-likeness (QED) is 0.759. The number of nitrogens with zero attached hydrogens (tertiary/aromatic N) is 3. The van der Waals surface area contributed by atoms with Crippen LogP contribution in [0, 0.1) is 5.92 Å². The van der Waals surface area contributed by atoms with Crippen LogP contribution in [0.3, 0.4) is 0 Å². The van der Waals surface area contributed by atoms with Crippen molar-refractivity contribution in [1.29, 1.82) is 0 Å². The number of hydrogen-bond donors (Lipinski definition) is 1. The Morgan fingerprint density at radius 1 is 1.48 bits per heavy atom. The predicted molar refractivity (Wildman–Crippen MR) is 90.0 cm³/mol. The van der Waals surface area contributed by atoms with Crippen LogP contribution < -0.4 is 5.32 Å².